The highest BCUT2D eigenvalue weighted by atomic mass is 35.5. The molecule has 0 spiro atoms. The number of anilines is 1. The lowest BCUT2D eigenvalue weighted by Crippen LogP contribution is -2.20. The van der Waals surface area contributed by atoms with E-state index < -0.39 is 5.60 Å². The van der Waals surface area contributed by atoms with Crippen molar-refractivity contribution in [3.05, 3.63) is 41.2 Å². The van der Waals surface area contributed by atoms with Gasteiger partial charge in [-0.15, -0.1) is 0 Å². The highest BCUT2D eigenvalue weighted by molar-refractivity contribution is 6.33. The van der Waals surface area contributed by atoms with Crippen molar-refractivity contribution in [1.29, 1.82) is 0 Å². The molecule has 3 heterocycles. The highest BCUT2D eigenvalue weighted by Gasteiger charge is 2.28. The lowest BCUT2D eigenvalue weighted by Gasteiger charge is -2.13. The van der Waals surface area contributed by atoms with Gasteiger partial charge in [-0.3, -0.25) is 0 Å². The number of fused-ring (bicyclic) bond motifs is 1. The summed E-state index contributed by atoms with van der Waals surface area (Å²) in [7, 11) is 0. The number of hydrogen-bond acceptors (Lipinski definition) is 5. The van der Waals surface area contributed by atoms with Gasteiger partial charge in [0, 0.05) is 41.4 Å². The maximum Gasteiger partial charge on any atom is 0.220 e. The van der Waals surface area contributed by atoms with Crippen molar-refractivity contribution in [2.75, 3.05) is 12.3 Å². The maximum absolute atomic E-state index is 10.6. The van der Waals surface area contributed by atoms with E-state index >= 15 is 0 Å². The van der Waals surface area contributed by atoms with E-state index in [2.05, 4.69) is 38.6 Å². The Balaban J connectivity index is 1.61. The van der Waals surface area contributed by atoms with Gasteiger partial charge in [-0.2, -0.15) is 0 Å². The van der Waals surface area contributed by atoms with Gasteiger partial charge in [0.15, 0.2) is 0 Å². The second kappa shape index (κ2) is 8.16. The van der Waals surface area contributed by atoms with Gasteiger partial charge < -0.3 is 20.1 Å². The van der Waals surface area contributed by atoms with E-state index in [0.29, 0.717) is 10.7 Å². The van der Waals surface area contributed by atoms with Crippen LogP contribution in [0.15, 0.2) is 30.6 Å². The summed E-state index contributed by atoms with van der Waals surface area (Å²) >= 11 is 6.44. The van der Waals surface area contributed by atoms with Crippen molar-refractivity contribution >= 4 is 28.5 Å². The zero-order valence-corrected chi connectivity index (χ0v) is 18.0. The topological polar surface area (TPSA) is 86.2 Å². The Bertz CT molecular complexity index is 1180. The molecule has 1 saturated heterocycles. The fourth-order valence-corrected chi connectivity index (χ4v) is 4.76. The molecule has 6 nitrogen and oxygen atoms in total. The van der Waals surface area contributed by atoms with E-state index in [-0.39, 0.29) is 12.1 Å². The summed E-state index contributed by atoms with van der Waals surface area (Å²) in [5.41, 5.74) is 8.38. The second-order valence-corrected chi connectivity index (χ2v) is 8.88. The van der Waals surface area contributed by atoms with Crippen molar-refractivity contribution in [1.82, 2.24) is 14.5 Å². The molecule has 1 saturated carbocycles. The zero-order valence-electron chi connectivity index (χ0n) is 17.3. The first-order chi connectivity index (χ1) is 15.0. The number of ether oxygens (including phenoxy) is 1. The zero-order chi connectivity index (χ0) is 21.4. The monoisotopic (exact) mass is 436 g/mol. The van der Waals surface area contributed by atoms with Crippen LogP contribution in [0.4, 0.5) is 5.95 Å². The van der Waals surface area contributed by atoms with E-state index in [9.17, 15) is 5.11 Å². The summed E-state index contributed by atoms with van der Waals surface area (Å²) in [6.07, 6.45) is 9.45. The summed E-state index contributed by atoms with van der Waals surface area (Å²) in [4.78, 5) is 8.39. The van der Waals surface area contributed by atoms with Gasteiger partial charge >= 0.3 is 0 Å². The van der Waals surface area contributed by atoms with Gasteiger partial charge in [0.2, 0.25) is 5.95 Å². The lowest BCUT2D eigenvalue weighted by atomic mass is 10.0. The first-order valence-electron chi connectivity index (χ1n) is 10.8. The predicted octanol–water partition coefficient (Wildman–Crippen LogP) is 4.17. The third-order valence-corrected chi connectivity index (χ3v) is 6.47. The van der Waals surface area contributed by atoms with Crippen molar-refractivity contribution in [3.8, 4) is 23.1 Å². The molecule has 2 aromatic heterocycles. The van der Waals surface area contributed by atoms with E-state index in [0.717, 1.165) is 73.7 Å². The van der Waals surface area contributed by atoms with E-state index in [1.165, 1.54) is 6.20 Å². The number of nitrogens with two attached hydrogens (primary N) is 1. The molecule has 2 fully saturated rings. The van der Waals surface area contributed by atoms with Crippen molar-refractivity contribution in [2.24, 2.45) is 0 Å². The van der Waals surface area contributed by atoms with Gasteiger partial charge in [-0.25, -0.2) is 9.97 Å². The molecule has 0 amide bonds. The Labute approximate surface area is 186 Å². The molecule has 2 aliphatic rings. The third-order valence-electron chi connectivity index (χ3n) is 6.19. The van der Waals surface area contributed by atoms with Crippen LogP contribution in [-0.4, -0.2) is 38.0 Å². The Morgan fingerprint density at radius 1 is 1.29 bits per heavy atom. The fourth-order valence-electron chi connectivity index (χ4n) is 4.57. The van der Waals surface area contributed by atoms with Crippen LogP contribution < -0.4 is 5.73 Å². The van der Waals surface area contributed by atoms with Crippen LogP contribution in [-0.2, 0) is 11.3 Å². The van der Waals surface area contributed by atoms with Crippen LogP contribution in [0.5, 0.6) is 0 Å². The van der Waals surface area contributed by atoms with E-state index in [1.807, 2.05) is 12.1 Å². The summed E-state index contributed by atoms with van der Waals surface area (Å²) < 4.78 is 8.04. The minimum absolute atomic E-state index is 0.179. The molecule has 1 aliphatic heterocycles. The van der Waals surface area contributed by atoms with Crippen molar-refractivity contribution in [2.45, 2.75) is 56.8 Å². The molecule has 0 radical (unpaired) electrons. The van der Waals surface area contributed by atoms with Crippen LogP contribution in [0.1, 0.15) is 44.1 Å². The van der Waals surface area contributed by atoms with Gasteiger partial charge in [0.1, 0.15) is 5.60 Å². The van der Waals surface area contributed by atoms with Crippen LogP contribution in [0.3, 0.4) is 0 Å². The van der Waals surface area contributed by atoms with Crippen LogP contribution in [0.25, 0.3) is 22.2 Å². The normalized spacial score (nSPS) is 20.1. The number of hydrogen-bond donors (Lipinski definition) is 2. The summed E-state index contributed by atoms with van der Waals surface area (Å²) in [6.45, 7) is 1.58. The minimum atomic E-state index is -0.867. The standard InChI is InChI=1S/C24H25ClN4O2/c25-20-13-27-23(26)28-22(20)19-15-29(14-17-4-3-11-31-17)21-6-5-16(12-18(19)21)7-10-24(30)8-1-2-9-24/h5-6,12-13,15,17,30H,1-4,8-9,11,14H2,(H2,26,27,28). The van der Waals surface area contributed by atoms with Gasteiger partial charge in [-0.05, 0) is 56.7 Å². The summed E-state index contributed by atoms with van der Waals surface area (Å²) in [5.74, 6) is 6.45. The molecule has 160 valence electrons. The van der Waals surface area contributed by atoms with Crippen LogP contribution in [0.2, 0.25) is 5.02 Å². The molecule has 1 aliphatic carbocycles. The summed E-state index contributed by atoms with van der Waals surface area (Å²) in [6, 6.07) is 6.10. The number of aromatic nitrogens is 3. The molecule has 1 aromatic carbocycles. The SMILES string of the molecule is Nc1ncc(Cl)c(-c2cn(CC3CCCO3)c3ccc(C#CC4(O)CCCC4)cc23)n1. The lowest BCUT2D eigenvalue weighted by molar-refractivity contribution is 0.0980. The Morgan fingerprint density at radius 2 is 2.13 bits per heavy atom. The molecule has 5 rings (SSSR count). The summed E-state index contributed by atoms with van der Waals surface area (Å²) in [5, 5.41) is 12.0. The first kappa shape index (κ1) is 20.3. The number of rotatable bonds is 3. The molecule has 7 heteroatoms. The Hall–Kier alpha value is -2.59. The van der Waals surface area contributed by atoms with E-state index in [4.69, 9.17) is 22.1 Å². The quantitative estimate of drug-likeness (QED) is 0.602. The van der Waals surface area contributed by atoms with Gasteiger partial charge in [0.05, 0.1) is 23.0 Å². The molecule has 3 N–H and O–H groups in total. The number of nitrogen functional groups attached to an aromatic ring is 1. The maximum atomic E-state index is 10.6. The van der Waals surface area contributed by atoms with Crippen molar-refractivity contribution in [3.63, 3.8) is 0 Å². The molecule has 31 heavy (non-hydrogen) atoms. The molecule has 1 atom stereocenters. The number of halogens is 1. The van der Waals surface area contributed by atoms with Crippen LogP contribution >= 0.6 is 11.6 Å². The van der Waals surface area contributed by atoms with Gasteiger partial charge in [0.25, 0.3) is 0 Å². The highest BCUT2D eigenvalue weighted by Crippen LogP contribution is 2.35. The Kier molecular flexibility index (Phi) is 5.35. The number of aliphatic hydroxyl groups is 1. The first-order valence-corrected chi connectivity index (χ1v) is 11.2. The smallest absolute Gasteiger partial charge is 0.220 e. The van der Waals surface area contributed by atoms with Crippen molar-refractivity contribution < 1.29 is 9.84 Å². The second-order valence-electron chi connectivity index (χ2n) is 8.48. The minimum Gasteiger partial charge on any atom is -0.378 e. The number of nitrogens with zero attached hydrogens (tertiary/aromatic N) is 3. The average molecular weight is 437 g/mol. The molecule has 3 aromatic rings. The Morgan fingerprint density at radius 3 is 2.90 bits per heavy atom. The fraction of sp³-hybridized carbons (Fsp3) is 0.417. The van der Waals surface area contributed by atoms with E-state index in [1.54, 1.807) is 0 Å². The van der Waals surface area contributed by atoms with Gasteiger partial charge in [-0.1, -0.05) is 23.4 Å². The molecule has 1 unspecified atom stereocenters. The largest absolute Gasteiger partial charge is 0.378 e. The predicted molar refractivity (Wildman–Crippen MR) is 122 cm³/mol. The molecular weight excluding hydrogens is 412 g/mol. The average Bonchev–Trinajstić information content (AvgIpc) is 3.50. The molecule has 0 bridgehead atoms. The molecular formula is C24H25ClN4O2. The van der Waals surface area contributed by atoms with Crippen LogP contribution in [0, 0.1) is 11.8 Å². The number of benzene rings is 1. The third kappa shape index (κ3) is 4.14.